The summed E-state index contributed by atoms with van der Waals surface area (Å²) < 4.78 is 0. The first-order valence-corrected chi connectivity index (χ1v) is 9.05. The fourth-order valence-corrected chi connectivity index (χ4v) is 3.20. The van der Waals surface area contributed by atoms with Crippen LogP contribution in [0.1, 0.15) is 35.3 Å². The average molecular weight is 339 g/mol. The van der Waals surface area contributed by atoms with E-state index in [2.05, 4.69) is 16.9 Å². The monoisotopic (exact) mass is 339 g/mol. The lowest BCUT2D eigenvalue weighted by molar-refractivity contribution is 0.0982. The number of H-pyrrole nitrogens is 1. The Labute approximate surface area is 146 Å². The van der Waals surface area contributed by atoms with E-state index in [0.717, 1.165) is 34.8 Å². The van der Waals surface area contributed by atoms with E-state index in [1.807, 2.05) is 59.8 Å². The normalized spacial score (nSPS) is 10.8. The highest BCUT2D eigenvalue weighted by Crippen LogP contribution is 2.24. The van der Waals surface area contributed by atoms with Gasteiger partial charge in [-0.05, 0) is 31.5 Å². The van der Waals surface area contributed by atoms with Crippen molar-refractivity contribution in [3.63, 3.8) is 0 Å². The molecule has 0 bridgehead atoms. The first-order chi connectivity index (χ1) is 11.7. The molecule has 3 aromatic rings. The molecule has 0 saturated carbocycles. The van der Waals surface area contributed by atoms with Gasteiger partial charge in [0.1, 0.15) is 5.69 Å². The number of hydrogen-bond acceptors (Lipinski definition) is 3. The molecule has 24 heavy (non-hydrogen) atoms. The molecule has 4 nitrogen and oxygen atoms in total. The van der Waals surface area contributed by atoms with Crippen molar-refractivity contribution in [2.24, 2.45) is 0 Å². The maximum absolute atomic E-state index is 13.0. The van der Waals surface area contributed by atoms with E-state index in [0.29, 0.717) is 12.2 Å². The minimum Gasteiger partial charge on any atom is -0.357 e. The molecule has 0 fully saturated rings. The highest BCUT2D eigenvalue weighted by atomic mass is 32.1. The minimum atomic E-state index is -0.00662. The maximum atomic E-state index is 13.0. The van der Waals surface area contributed by atoms with E-state index >= 15 is 0 Å². The third kappa shape index (κ3) is 3.57. The van der Waals surface area contributed by atoms with Gasteiger partial charge in [-0.2, -0.15) is 0 Å². The predicted octanol–water partition coefficient (Wildman–Crippen LogP) is 4.89. The van der Waals surface area contributed by atoms with Gasteiger partial charge in [0.25, 0.3) is 5.91 Å². The lowest BCUT2D eigenvalue weighted by Gasteiger charge is -2.22. The molecule has 1 amide bonds. The van der Waals surface area contributed by atoms with Gasteiger partial charge in [-0.3, -0.25) is 4.79 Å². The number of anilines is 1. The van der Waals surface area contributed by atoms with Crippen LogP contribution < -0.4 is 4.90 Å². The van der Waals surface area contributed by atoms with Crippen LogP contribution in [0.15, 0.2) is 48.0 Å². The van der Waals surface area contributed by atoms with E-state index in [4.69, 9.17) is 0 Å². The Kier molecular flexibility index (Phi) is 5.11. The van der Waals surface area contributed by atoms with Crippen LogP contribution in [-0.2, 0) is 0 Å². The number of aromatic nitrogens is 2. The molecule has 0 aliphatic carbocycles. The summed E-state index contributed by atoms with van der Waals surface area (Å²) in [4.78, 5) is 22.4. The zero-order valence-corrected chi connectivity index (χ0v) is 14.8. The van der Waals surface area contributed by atoms with Crippen LogP contribution in [0.4, 0.5) is 5.69 Å². The van der Waals surface area contributed by atoms with E-state index < -0.39 is 0 Å². The van der Waals surface area contributed by atoms with Crippen LogP contribution in [0.25, 0.3) is 11.3 Å². The molecule has 0 spiro atoms. The smallest absolute Gasteiger partial charge is 0.274 e. The number of aryl methyl sites for hydroxylation is 1. The lowest BCUT2D eigenvalue weighted by atomic mass is 10.2. The zero-order chi connectivity index (χ0) is 16.9. The summed E-state index contributed by atoms with van der Waals surface area (Å²) in [6.07, 6.45) is 3.87. The molecule has 2 heterocycles. The van der Waals surface area contributed by atoms with Gasteiger partial charge < -0.3 is 9.88 Å². The van der Waals surface area contributed by atoms with Crippen molar-refractivity contribution in [1.82, 2.24) is 9.97 Å². The predicted molar refractivity (Wildman–Crippen MR) is 99.7 cm³/mol. The number of hydrogen-bond donors (Lipinski definition) is 1. The fourth-order valence-electron chi connectivity index (χ4n) is 2.58. The number of benzene rings is 1. The molecule has 0 aliphatic rings. The summed E-state index contributed by atoms with van der Waals surface area (Å²) in [7, 11) is 0. The van der Waals surface area contributed by atoms with Crippen LogP contribution in [-0.4, -0.2) is 22.4 Å². The number of para-hydroxylation sites is 1. The number of aromatic amines is 1. The molecule has 1 aromatic carbocycles. The van der Waals surface area contributed by atoms with Gasteiger partial charge in [0.2, 0.25) is 0 Å². The second kappa shape index (κ2) is 7.45. The lowest BCUT2D eigenvalue weighted by Crippen LogP contribution is -2.32. The molecule has 0 atom stereocenters. The van der Waals surface area contributed by atoms with Gasteiger partial charge in [0.05, 0.1) is 10.7 Å². The van der Waals surface area contributed by atoms with Crippen molar-refractivity contribution in [3.05, 3.63) is 58.7 Å². The molecular weight excluding hydrogens is 318 g/mol. The topological polar surface area (TPSA) is 49.0 Å². The van der Waals surface area contributed by atoms with E-state index in [1.54, 1.807) is 11.3 Å². The van der Waals surface area contributed by atoms with Crippen molar-refractivity contribution in [1.29, 1.82) is 0 Å². The molecule has 0 saturated heterocycles. The largest absolute Gasteiger partial charge is 0.357 e. The number of amides is 1. The van der Waals surface area contributed by atoms with Gasteiger partial charge in [0, 0.05) is 29.4 Å². The van der Waals surface area contributed by atoms with Crippen molar-refractivity contribution >= 4 is 22.9 Å². The van der Waals surface area contributed by atoms with Crippen molar-refractivity contribution in [2.75, 3.05) is 11.4 Å². The van der Waals surface area contributed by atoms with Crippen molar-refractivity contribution in [3.8, 4) is 11.3 Å². The van der Waals surface area contributed by atoms with E-state index in [1.165, 1.54) is 0 Å². The number of nitrogens with zero attached hydrogens (tertiary/aromatic N) is 2. The van der Waals surface area contributed by atoms with Crippen LogP contribution in [0, 0.1) is 6.92 Å². The maximum Gasteiger partial charge on any atom is 0.274 e. The van der Waals surface area contributed by atoms with Crippen LogP contribution in [0.3, 0.4) is 0 Å². The van der Waals surface area contributed by atoms with E-state index in [-0.39, 0.29) is 5.91 Å². The Morgan fingerprint density at radius 3 is 2.75 bits per heavy atom. The number of carbonyl (C=O) groups is 1. The summed E-state index contributed by atoms with van der Waals surface area (Å²) in [5, 5.41) is 3.03. The molecule has 3 rings (SSSR count). The standard InChI is InChI=1S/C19H21N3OS/c1-3-4-10-22(16-8-6-5-7-9-16)19(23)17-11-15(12-20-17)18-13-24-14(2)21-18/h5-9,11-13,20H,3-4,10H2,1-2H3. The highest BCUT2D eigenvalue weighted by Gasteiger charge is 2.19. The molecule has 0 radical (unpaired) electrons. The molecule has 124 valence electrons. The van der Waals surface area contributed by atoms with Crippen LogP contribution in [0.2, 0.25) is 0 Å². The number of carbonyl (C=O) groups excluding carboxylic acids is 1. The summed E-state index contributed by atoms with van der Waals surface area (Å²) in [5.74, 6) is -0.00662. The van der Waals surface area contributed by atoms with Gasteiger partial charge in [-0.15, -0.1) is 11.3 Å². The Morgan fingerprint density at radius 2 is 2.08 bits per heavy atom. The second-order valence-electron chi connectivity index (χ2n) is 5.70. The highest BCUT2D eigenvalue weighted by molar-refractivity contribution is 7.09. The molecule has 5 heteroatoms. The van der Waals surface area contributed by atoms with E-state index in [9.17, 15) is 4.79 Å². The summed E-state index contributed by atoms with van der Waals surface area (Å²) >= 11 is 1.61. The second-order valence-corrected chi connectivity index (χ2v) is 6.76. The molecular formula is C19H21N3OS. The molecule has 0 unspecified atom stereocenters. The number of thiazole rings is 1. The van der Waals surface area contributed by atoms with Gasteiger partial charge in [0.15, 0.2) is 0 Å². The Hall–Kier alpha value is -2.40. The van der Waals surface area contributed by atoms with Crippen LogP contribution >= 0.6 is 11.3 Å². The quantitative estimate of drug-likeness (QED) is 0.695. The number of nitrogens with one attached hydrogen (secondary N) is 1. The molecule has 1 N–H and O–H groups in total. The Bertz CT molecular complexity index is 807. The number of rotatable bonds is 6. The van der Waals surface area contributed by atoms with Gasteiger partial charge >= 0.3 is 0 Å². The molecule has 2 aromatic heterocycles. The zero-order valence-electron chi connectivity index (χ0n) is 14.0. The molecule has 0 aliphatic heterocycles. The summed E-state index contributed by atoms with van der Waals surface area (Å²) in [6, 6.07) is 11.7. The Balaban J connectivity index is 1.86. The first-order valence-electron chi connectivity index (χ1n) is 8.17. The third-order valence-corrected chi connectivity index (χ3v) is 4.65. The first kappa shape index (κ1) is 16.5. The average Bonchev–Trinajstić information content (AvgIpc) is 3.25. The number of unbranched alkanes of at least 4 members (excludes halogenated alkanes) is 1. The van der Waals surface area contributed by atoms with Crippen molar-refractivity contribution in [2.45, 2.75) is 26.7 Å². The Morgan fingerprint density at radius 1 is 1.29 bits per heavy atom. The SMILES string of the molecule is CCCCN(C(=O)c1cc(-c2csc(C)n2)c[nH]1)c1ccccc1. The fraction of sp³-hybridized carbons (Fsp3) is 0.263. The summed E-state index contributed by atoms with van der Waals surface area (Å²) in [5.41, 5.74) is 3.38. The van der Waals surface area contributed by atoms with Gasteiger partial charge in [-0.25, -0.2) is 4.98 Å². The minimum absolute atomic E-state index is 0.00662. The van der Waals surface area contributed by atoms with Crippen LogP contribution in [0.5, 0.6) is 0 Å². The third-order valence-electron chi connectivity index (χ3n) is 3.88. The van der Waals surface area contributed by atoms with Crippen molar-refractivity contribution < 1.29 is 4.79 Å². The summed E-state index contributed by atoms with van der Waals surface area (Å²) in [6.45, 7) is 4.82. The van der Waals surface area contributed by atoms with Gasteiger partial charge in [-0.1, -0.05) is 31.5 Å².